The van der Waals surface area contributed by atoms with E-state index in [4.69, 9.17) is 0 Å². The van der Waals surface area contributed by atoms with E-state index in [0.717, 1.165) is 32.5 Å². The minimum absolute atomic E-state index is 0.308. The summed E-state index contributed by atoms with van der Waals surface area (Å²) >= 11 is 0. The molecule has 2 atom stereocenters. The van der Waals surface area contributed by atoms with Crippen LogP contribution in [0.5, 0.6) is 0 Å². The summed E-state index contributed by atoms with van der Waals surface area (Å²) < 4.78 is 22.4. The molecule has 0 bridgehead atoms. The Labute approximate surface area is 118 Å². The van der Waals surface area contributed by atoms with Crippen molar-refractivity contribution in [3.63, 3.8) is 0 Å². The van der Waals surface area contributed by atoms with Gasteiger partial charge in [-0.15, -0.1) is 0 Å². The predicted molar refractivity (Wildman–Crippen MR) is 81.2 cm³/mol. The van der Waals surface area contributed by atoms with E-state index in [1.165, 1.54) is 12.7 Å². The monoisotopic (exact) mass is 290 g/mol. The molecule has 5 heteroatoms. The Morgan fingerprint density at radius 3 is 2.58 bits per heavy atom. The average Bonchev–Trinajstić information content (AvgIpc) is 2.27. The maximum atomic E-state index is 11.2. The molecule has 0 aromatic heterocycles. The van der Waals surface area contributed by atoms with Crippen LogP contribution in [-0.4, -0.2) is 57.0 Å². The molecule has 0 radical (unpaired) electrons. The fourth-order valence-electron chi connectivity index (χ4n) is 2.86. The van der Waals surface area contributed by atoms with Crippen molar-refractivity contribution in [1.29, 1.82) is 0 Å². The third-order valence-electron chi connectivity index (χ3n) is 3.80. The second kappa shape index (κ2) is 7.60. The van der Waals surface area contributed by atoms with Crippen LogP contribution in [-0.2, 0) is 9.84 Å². The molecule has 1 rings (SSSR count). The molecule has 0 saturated carbocycles. The van der Waals surface area contributed by atoms with Gasteiger partial charge in [-0.3, -0.25) is 4.90 Å². The zero-order chi connectivity index (χ0) is 14.5. The summed E-state index contributed by atoms with van der Waals surface area (Å²) in [6, 6.07) is 1.11. The van der Waals surface area contributed by atoms with Gasteiger partial charge in [-0.25, -0.2) is 8.42 Å². The Kier molecular flexibility index (Phi) is 6.77. The van der Waals surface area contributed by atoms with Crippen LogP contribution >= 0.6 is 0 Å². The summed E-state index contributed by atoms with van der Waals surface area (Å²) in [5.41, 5.74) is 0. The van der Waals surface area contributed by atoms with Crippen LogP contribution in [0.1, 0.15) is 40.0 Å². The van der Waals surface area contributed by atoms with Crippen LogP contribution in [0.15, 0.2) is 0 Å². The van der Waals surface area contributed by atoms with Crippen molar-refractivity contribution >= 4 is 9.84 Å². The molecule has 114 valence electrons. The Hall–Kier alpha value is -0.130. The number of hydrogen-bond acceptors (Lipinski definition) is 4. The van der Waals surface area contributed by atoms with E-state index in [0.29, 0.717) is 23.8 Å². The molecule has 0 aromatic rings. The molecule has 1 aliphatic heterocycles. The van der Waals surface area contributed by atoms with Crippen molar-refractivity contribution in [1.82, 2.24) is 10.2 Å². The van der Waals surface area contributed by atoms with E-state index < -0.39 is 9.84 Å². The van der Waals surface area contributed by atoms with Gasteiger partial charge in [0.25, 0.3) is 0 Å². The number of sulfone groups is 1. The molecule has 4 nitrogen and oxygen atoms in total. The van der Waals surface area contributed by atoms with Crippen LogP contribution in [0.4, 0.5) is 0 Å². The van der Waals surface area contributed by atoms with Gasteiger partial charge in [0, 0.05) is 31.4 Å². The Bertz CT molecular complexity index is 354. The Morgan fingerprint density at radius 2 is 2.05 bits per heavy atom. The molecule has 0 aliphatic carbocycles. The summed E-state index contributed by atoms with van der Waals surface area (Å²) in [7, 11) is -2.82. The maximum absolute atomic E-state index is 11.2. The van der Waals surface area contributed by atoms with Gasteiger partial charge in [-0.2, -0.15) is 0 Å². The quantitative estimate of drug-likeness (QED) is 0.772. The van der Waals surface area contributed by atoms with Gasteiger partial charge in [-0.1, -0.05) is 20.8 Å². The lowest BCUT2D eigenvalue weighted by atomic mass is 9.99. The molecule has 2 unspecified atom stereocenters. The van der Waals surface area contributed by atoms with Crippen LogP contribution in [0, 0.1) is 5.92 Å². The number of piperazine rings is 1. The highest BCUT2D eigenvalue weighted by Crippen LogP contribution is 2.15. The van der Waals surface area contributed by atoms with E-state index in [1.54, 1.807) is 0 Å². The SMILES string of the molecule is CCC1CNC(CC(C)C)CN1CCCS(C)(=O)=O. The number of rotatable bonds is 7. The van der Waals surface area contributed by atoms with Crippen LogP contribution in [0.3, 0.4) is 0 Å². The van der Waals surface area contributed by atoms with Gasteiger partial charge in [0.05, 0.1) is 5.75 Å². The molecule has 1 aliphatic rings. The molecule has 1 saturated heterocycles. The van der Waals surface area contributed by atoms with Gasteiger partial charge >= 0.3 is 0 Å². The summed E-state index contributed by atoms with van der Waals surface area (Å²) in [4.78, 5) is 2.48. The second-order valence-electron chi connectivity index (χ2n) is 6.28. The van der Waals surface area contributed by atoms with Crippen molar-refractivity contribution in [2.45, 2.75) is 52.1 Å². The lowest BCUT2D eigenvalue weighted by molar-refractivity contribution is 0.119. The van der Waals surface area contributed by atoms with Gasteiger partial charge in [0.15, 0.2) is 0 Å². The first-order valence-electron chi connectivity index (χ1n) is 7.47. The second-order valence-corrected chi connectivity index (χ2v) is 8.53. The third-order valence-corrected chi connectivity index (χ3v) is 4.83. The first-order valence-corrected chi connectivity index (χ1v) is 9.53. The Morgan fingerprint density at radius 1 is 1.37 bits per heavy atom. The van der Waals surface area contributed by atoms with Crippen LogP contribution in [0.2, 0.25) is 0 Å². The average molecular weight is 290 g/mol. The molecule has 1 N–H and O–H groups in total. The third kappa shape index (κ3) is 6.72. The van der Waals surface area contributed by atoms with E-state index in [9.17, 15) is 8.42 Å². The molecular weight excluding hydrogens is 260 g/mol. The molecule has 19 heavy (non-hydrogen) atoms. The van der Waals surface area contributed by atoms with E-state index in [-0.39, 0.29) is 0 Å². The number of nitrogens with zero attached hydrogens (tertiary/aromatic N) is 1. The van der Waals surface area contributed by atoms with E-state index in [2.05, 4.69) is 31.0 Å². The van der Waals surface area contributed by atoms with Crippen molar-refractivity contribution in [2.24, 2.45) is 5.92 Å². The highest BCUT2D eigenvalue weighted by molar-refractivity contribution is 7.90. The summed E-state index contributed by atoms with van der Waals surface area (Å²) in [6.07, 6.45) is 4.40. The van der Waals surface area contributed by atoms with Crippen molar-refractivity contribution in [3.8, 4) is 0 Å². The van der Waals surface area contributed by atoms with Gasteiger partial charge in [-0.05, 0) is 31.7 Å². The van der Waals surface area contributed by atoms with Crippen LogP contribution in [0.25, 0.3) is 0 Å². The normalized spacial score (nSPS) is 25.9. The largest absolute Gasteiger partial charge is 0.311 e. The van der Waals surface area contributed by atoms with Crippen LogP contribution < -0.4 is 5.32 Å². The zero-order valence-corrected chi connectivity index (χ0v) is 13.7. The highest BCUT2D eigenvalue weighted by atomic mass is 32.2. The number of hydrogen-bond donors (Lipinski definition) is 1. The van der Waals surface area contributed by atoms with Crippen molar-refractivity contribution in [3.05, 3.63) is 0 Å². The smallest absolute Gasteiger partial charge is 0.147 e. The molecule has 0 spiro atoms. The molecule has 1 fully saturated rings. The van der Waals surface area contributed by atoms with Gasteiger partial charge in [0.2, 0.25) is 0 Å². The molecule has 0 aromatic carbocycles. The number of nitrogens with one attached hydrogen (secondary N) is 1. The highest BCUT2D eigenvalue weighted by Gasteiger charge is 2.26. The zero-order valence-electron chi connectivity index (χ0n) is 12.9. The summed E-state index contributed by atoms with van der Waals surface area (Å²) in [5.74, 6) is 1.01. The fraction of sp³-hybridized carbons (Fsp3) is 1.00. The lowest BCUT2D eigenvalue weighted by Crippen LogP contribution is -2.56. The molecule has 0 amide bonds. The first-order chi connectivity index (χ1) is 8.81. The van der Waals surface area contributed by atoms with E-state index >= 15 is 0 Å². The fourth-order valence-corrected chi connectivity index (χ4v) is 3.52. The summed E-state index contributed by atoms with van der Waals surface area (Å²) in [5, 5.41) is 3.63. The maximum Gasteiger partial charge on any atom is 0.147 e. The Balaban J connectivity index is 2.45. The van der Waals surface area contributed by atoms with Crippen molar-refractivity contribution in [2.75, 3.05) is 31.6 Å². The predicted octanol–water partition coefficient (Wildman–Crippen LogP) is 1.52. The van der Waals surface area contributed by atoms with E-state index in [1.807, 2.05) is 0 Å². The van der Waals surface area contributed by atoms with Gasteiger partial charge < -0.3 is 5.32 Å². The minimum Gasteiger partial charge on any atom is -0.311 e. The lowest BCUT2D eigenvalue weighted by Gasteiger charge is -2.40. The summed E-state index contributed by atoms with van der Waals surface area (Å²) in [6.45, 7) is 9.71. The molecule has 1 heterocycles. The topological polar surface area (TPSA) is 49.4 Å². The van der Waals surface area contributed by atoms with Gasteiger partial charge in [0.1, 0.15) is 9.84 Å². The molecular formula is C14H30N2O2S. The minimum atomic E-state index is -2.82. The first kappa shape index (κ1) is 16.9. The standard InChI is InChI=1S/C14H30N2O2S/c1-5-14-10-15-13(9-12(2)3)11-16(14)7-6-8-19(4,17)18/h12-15H,5-11H2,1-4H3. The van der Waals surface area contributed by atoms with Crippen molar-refractivity contribution < 1.29 is 8.42 Å².